The molecule has 17 heavy (non-hydrogen) atoms. The minimum atomic E-state index is -4.30. The average Bonchev–Trinajstić information content (AvgIpc) is 2.64. The number of alkyl halides is 3. The number of rotatable bonds is 2. The third-order valence-electron chi connectivity index (χ3n) is 3.04. The van der Waals surface area contributed by atoms with Crippen LogP contribution < -0.4 is 5.32 Å². The van der Waals surface area contributed by atoms with Crippen molar-refractivity contribution in [2.24, 2.45) is 0 Å². The van der Waals surface area contributed by atoms with E-state index in [9.17, 15) is 18.3 Å². The second-order valence-electron chi connectivity index (χ2n) is 4.32. The Kier molecular flexibility index (Phi) is 3.28. The van der Waals surface area contributed by atoms with E-state index in [-0.39, 0.29) is 6.04 Å². The van der Waals surface area contributed by atoms with Crippen molar-refractivity contribution in [3.05, 3.63) is 29.8 Å². The number of nitrogens with one attached hydrogen (secondary N) is 1. The molecule has 0 saturated heterocycles. The van der Waals surface area contributed by atoms with Crippen LogP contribution in [0.2, 0.25) is 0 Å². The molecule has 2 atom stereocenters. The Bertz CT molecular complexity index is 374. The van der Waals surface area contributed by atoms with Crippen molar-refractivity contribution < 1.29 is 18.3 Å². The van der Waals surface area contributed by atoms with Gasteiger partial charge in [0.25, 0.3) is 0 Å². The predicted octanol–water partition coefficient (Wildman–Crippen LogP) is 3.03. The third-order valence-corrected chi connectivity index (χ3v) is 3.04. The fourth-order valence-corrected chi connectivity index (χ4v) is 2.08. The van der Waals surface area contributed by atoms with E-state index in [1.165, 1.54) is 12.1 Å². The van der Waals surface area contributed by atoms with Gasteiger partial charge in [0.05, 0.1) is 17.7 Å². The van der Waals surface area contributed by atoms with Crippen LogP contribution in [0.25, 0.3) is 0 Å². The van der Waals surface area contributed by atoms with Crippen molar-refractivity contribution in [3.63, 3.8) is 0 Å². The molecule has 0 bridgehead atoms. The van der Waals surface area contributed by atoms with Crippen molar-refractivity contribution in [2.75, 3.05) is 5.32 Å². The van der Waals surface area contributed by atoms with Gasteiger partial charge in [0.2, 0.25) is 0 Å². The molecule has 0 aromatic heterocycles. The van der Waals surface area contributed by atoms with Gasteiger partial charge >= 0.3 is 6.18 Å². The zero-order valence-electron chi connectivity index (χ0n) is 9.17. The molecular formula is C12H14F3NO. The SMILES string of the molecule is OC1CCCC1Nc1ccc(C(F)(F)F)cc1. The average molecular weight is 245 g/mol. The summed E-state index contributed by atoms with van der Waals surface area (Å²) in [6, 6.07) is 4.83. The van der Waals surface area contributed by atoms with Crippen LogP contribution in [-0.2, 0) is 6.18 Å². The number of halogens is 3. The van der Waals surface area contributed by atoms with Gasteiger partial charge in [-0.15, -0.1) is 0 Å². The van der Waals surface area contributed by atoms with E-state index in [2.05, 4.69) is 5.32 Å². The van der Waals surface area contributed by atoms with Crippen LogP contribution in [0.4, 0.5) is 18.9 Å². The highest BCUT2D eigenvalue weighted by Crippen LogP contribution is 2.30. The molecule has 1 saturated carbocycles. The molecule has 2 N–H and O–H groups in total. The van der Waals surface area contributed by atoms with Crippen molar-refractivity contribution in [1.82, 2.24) is 0 Å². The summed E-state index contributed by atoms with van der Waals surface area (Å²) in [6.07, 6.45) is -2.16. The molecule has 0 heterocycles. The normalized spacial score (nSPS) is 24.9. The van der Waals surface area contributed by atoms with Crippen LogP contribution in [0.5, 0.6) is 0 Å². The van der Waals surface area contributed by atoms with E-state index < -0.39 is 17.8 Å². The summed E-state index contributed by atoms with van der Waals surface area (Å²) < 4.78 is 37.0. The summed E-state index contributed by atoms with van der Waals surface area (Å²) >= 11 is 0. The Morgan fingerprint density at radius 3 is 2.24 bits per heavy atom. The van der Waals surface area contributed by atoms with Gasteiger partial charge in [0.15, 0.2) is 0 Å². The molecular weight excluding hydrogens is 231 g/mol. The molecule has 1 aliphatic rings. The maximum atomic E-state index is 12.3. The van der Waals surface area contributed by atoms with Gasteiger partial charge in [0.1, 0.15) is 0 Å². The minimum Gasteiger partial charge on any atom is -0.391 e. The second-order valence-corrected chi connectivity index (χ2v) is 4.32. The zero-order valence-corrected chi connectivity index (χ0v) is 9.17. The predicted molar refractivity (Wildman–Crippen MR) is 58.7 cm³/mol. The molecule has 2 unspecified atom stereocenters. The van der Waals surface area contributed by atoms with E-state index in [4.69, 9.17) is 0 Å². The molecule has 1 aliphatic carbocycles. The molecule has 1 fully saturated rings. The molecule has 0 amide bonds. The lowest BCUT2D eigenvalue weighted by Crippen LogP contribution is -2.27. The summed E-state index contributed by atoms with van der Waals surface area (Å²) in [4.78, 5) is 0. The molecule has 1 aromatic carbocycles. The maximum Gasteiger partial charge on any atom is 0.416 e. The van der Waals surface area contributed by atoms with Crippen LogP contribution >= 0.6 is 0 Å². The second kappa shape index (κ2) is 4.56. The summed E-state index contributed by atoms with van der Waals surface area (Å²) in [5.41, 5.74) is -0.0426. The highest BCUT2D eigenvalue weighted by molar-refractivity contribution is 5.46. The van der Waals surface area contributed by atoms with Gasteiger partial charge in [-0.25, -0.2) is 0 Å². The number of hydrogen-bond acceptors (Lipinski definition) is 2. The molecule has 94 valence electrons. The Morgan fingerprint density at radius 1 is 1.12 bits per heavy atom. The minimum absolute atomic E-state index is 0.0493. The Balaban J connectivity index is 2.03. The number of benzene rings is 1. The smallest absolute Gasteiger partial charge is 0.391 e. The van der Waals surface area contributed by atoms with Crippen LogP contribution in [0.3, 0.4) is 0 Å². The van der Waals surface area contributed by atoms with Gasteiger partial charge in [-0.3, -0.25) is 0 Å². The Hall–Kier alpha value is -1.23. The largest absolute Gasteiger partial charge is 0.416 e. The first kappa shape index (κ1) is 12.2. The number of aliphatic hydroxyl groups is 1. The van der Waals surface area contributed by atoms with Gasteiger partial charge in [-0.05, 0) is 43.5 Å². The first-order valence-corrected chi connectivity index (χ1v) is 5.59. The molecule has 2 nitrogen and oxygen atoms in total. The number of anilines is 1. The van der Waals surface area contributed by atoms with E-state index in [0.717, 1.165) is 31.4 Å². The first-order chi connectivity index (χ1) is 7.97. The van der Waals surface area contributed by atoms with Crippen molar-refractivity contribution >= 4 is 5.69 Å². The fourth-order valence-electron chi connectivity index (χ4n) is 2.08. The molecule has 0 spiro atoms. The van der Waals surface area contributed by atoms with E-state index in [1.807, 2.05) is 0 Å². The molecule has 0 aliphatic heterocycles. The first-order valence-electron chi connectivity index (χ1n) is 5.59. The third kappa shape index (κ3) is 2.91. The number of hydrogen-bond donors (Lipinski definition) is 2. The van der Waals surface area contributed by atoms with Crippen molar-refractivity contribution in [1.29, 1.82) is 0 Å². The van der Waals surface area contributed by atoms with Crippen LogP contribution in [-0.4, -0.2) is 17.3 Å². The Labute approximate surface area is 97.5 Å². The van der Waals surface area contributed by atoms with E-state index in [0.29, 0.717) is 5.69 Å². The van der Waals surface area contributed by atoms with Crippen LogP contribution in [0.1, 0.15) is 24.8 Å². The van der Waals surface area contributed by atoms with E-state index in [1.54, 1.807) is 0 Å². The fraction of sp³-hybridized carbons (Fsp3) is 0.500. The summed E-state index contributed by atoms with van der Waals surface area (Å²) in [6.45, 7) is 0. The van der Waals surface area contributed by atoms with Crippen molar-refractivity contribution in [3.8, 4) is 0 Å². The standard InChI is InChI=1S/C12H14F3NO/c13-12(14,15)8-4-6-9(7-5-8)16-10-2-1-3-11(10)17/h4-7,10-11,16-17H,1-3H2. The molecule has 1 aromatic rings. The lowest BCUT2D eigenvalue weighted by Gasteiger charge is -2.18. The molecule has 0 radical (unpaired) electrons. The Morgan fingerprint density at radius 2 is 1.76 bits per heavy atom. The maximum absolute atomic E-state index is 12.3. The van der Waals surface area contributed by atoms with Crippen molar-refractivity contribution in [2.45, 2.75) is 37.6 Å². The van der Waals surface area contributed by atoms with Crippen LogP contribution in [0.15, 0.2) is 24.3 Å². The van der Waals surface area contributed by atoms with Crippen LogP contribution in [0, 0.1) is 0 Å². The lowest BCUT2D eigenvalue weighted by molar-refractivity contribution is -0.137. The lowest BCUT2D eigenvalue weighted by atomic mass is 10.1. The molecule has 2 rings (SSSR count). The van der Waals surface area contributed by atoms with Gasteiger partial charge in [-0.2, -0.15) is 13.2 Å². The van der Waals surface area contributed by atoms with Gasteiger partial charge in [0, 0.05) is 5.69 Å². The van der Waals surface area contributed by atoms with Gasteiger partial charge in [-0.1, -0.05) is 0 Å². The monoisotopic (exact) mass is 245 g/mol. The van der Waals surface area contributed by atoms with Gasteiger partial charge < -0.3 is 10.4 Å². The van der Waals surface area contributed by atoms with E-state index >= 15 is 0 Å². The summed E-state index contributed by atoms with van der Waals surface area (Å²) in [5.74, 6) is 0. The highest BCUT2D eigenvalue weighted by Gasteiger charge is 2.30. The summed E-state index contributed by atoms with van der Waals surface area (Å²) in [7, 11) is 0. The molecule has 5 heteroatoms. The zero-order chi connectivity index (χ0) is 12.5. The highest BCUT2D eigenvalue weighted by atomic mass is 19.4. The quantitative estimate of drug-likeness (QED) is 0.839. The number of aliphatic hydroxyl groups excluding tert-OH is 1. The topological polar surface area (TPSA) is 32.3 Å². The summed E-state index contributed by atoms with van der Waals surface area (Å²) in [5, 5.41) is 12.6.